The molecule has 2 amide bonds. The minimum absolute atomic E-state index is 0.0926. The summed E-state index contributed by atoms with van der Waals surface area (Å²) in [4.78, 5) is 51.0. The lowest BCUT2D eigenvalue weighted by molar-refractivity contribution is -0.144. The van der Waals surface area contributed by atoms with E-state index in [1.165, 1.54) is 0 Å². The van der Waals surface area contributed by atoms with E-state index >= 15 is 0 Å². The number of esters is 2. The lowest BCUT2D eigenvalue weighted by Crippen LogP contribution is -2.43. The molecule has 1 aliphatic heterocycles. The van der Waals surface area contributed by atoms with Gasteiger partial charge in [-0.3, -0.25) is 29.0 Å². The number of amides is 2. The minimum Gasteiger partial charge on any atom is -0.465 e. The van der Waals surface area contributed by atoms with Crippen molar-refractivity contribution in [3.8, 4) is 0 Å². The van der Waals surface area contributed by atoms with Gasteiger partial charge in [0.05, 0.1) is 65.9 Å². The first-order chi connectivity index (χ1) is 16.9. The van der Waals surface area contributed by atoms with Crippen LogP contribution >= 0.6 is 0 Å². The molecule has 0 unspecified atom stereocenters. The van der Waals surface area contributed by atoms with Crippen LogP contribution in [0.1, 0.15) is 13.8 Å². The van der Waals surface area contributed by atoms with Crippen LogP contribution in [0, 0.1) is 0 Å². The third-order valence-electron chi connectivity index (χ3n) is 4.78. The Morgan fingerprint density at radius 3 is 1.31 bits per heavy atom. The molecule has 1 fully saturated rings. The Kier molecular flexibility index (Phi) is 17.5. The summed E-state index contributed by atoms with van der Waals surface area (Å²) >= 11 is 0. The fourth-order valence-electron chi connectivity index (χ4n) is 3.02. The predicted molar refractivity (Wildman–Crippen MR) is 125 cm³/mol. The van der Waals surface area contributed by atoms with Crippen LogP contribution in [-0.2, 0) is 42.9 Å². The van der Waals surface area contributed by atoms with Crippen molar-refractivity contribution in [1.29, 1.82) is 0 Å². The van der Waals surface area contributed by atoms with Gasteiger partial charge in [0, 0.05) is 26.2 Å². The summed E-state index contributed by atoms with van der Waals surface area (Å²) in [5.74, 6) is -1.55. The van der Waals surface area contributed by atoms with Gasteiger partial charge in [-0.05, 0) is 13.8 Å². The first-order valence-electron chi connectivity index (χ1n) is 12.0. The molecule has 0 aromatic carbocycles. The Balaban J connectivity index is 2.47. The molecule has 0 radical (unpaired) electrons. The van der Waals surface area contributed by atoms with Crippen molar-refractivity contribution in [3.05, 3.63) is 0 Å². The Hall–Kier alpha value is -2.32. The molecule has 0 aromatic heterocycles. The zero-order valence-corrected chi connectivity index (χ0v) is 20.9. The number of carbonyl (C=O) groups excluding carboxylic acids is 4. The van der Waals surface area contributed by atoms with Crippen LogP contribution in [0.4, 0.5) is 0 Å². The van der Waals surface area contributed by atoms with Gasteiger partial charge in [0.25, 0.3) is 0 Å². The SMILES string of the molecule is CCOC(=O)CNC(=O)CN1CCOCCOCCN(CC(=O)NCC(=O)OCC)CCOCC1. The van der Waals surface area contributed by atoms with Crippen molar-refractivity contribution in [3.63, 3.8) is 0 Å². The van der Waals surface area contributed by atoms with Crippen molar-refractivity contribution in [2.24, 2.45) is 0 Å². The zero-order chi connectivity index (χ0) is 25.7. The van der Waals surface area contributed by atoms with E-state index in [4.69, 9.17) is 23.7 Å². The molecule has 1 heterocycles. The van der Waals surface area contributed by atoms with E-state index in [-0.39, 0.29) is 51.2 Å². The largest absolute Gasteiger partial charge is 0.465 e. The fourth-order valence-corrected chi connectivity index (χ4v) is 3.02. The maximum Gasteiger partial charge on any atom is 0.325 e. The molecule has 2 N–H and O–H groups in total. The van der Waals surface area contributed by atoms with Crippen LogP contribution in [0.3, 0.4) is 0 Å². The summed E-state index contributed by atoms with van der Waals surface area (Å²) in [6, 6.07) is 0. The molecule has 13 heteroatoms. The Bertz CT molecular complexity index is 584. The molecule has 1 saturated heterocycles. The number of carbonyl (C=O) groups is 4. The van der Waals surface area contributed by atoms with E-state index < -0.39 is 11.9 Å². The Labute approximate surface area is 206 Å². The van der Waals surface area contributed by atoms with E-state index in [0.29, 0.717) is 65.8 Å². The fraction of sp³-hybridized carbons (Fsp3) is 0.818. The summed E-state index contributed by atoms with van der Waals surface area (Å²) in [6.07, 6.45) is 0. The molecular formula is C22H40N4O9. The van der Waals surface area contributed by atoms with E-state index in [2.05, 4.69) is 10.6 Å². The van der Waals surface area contributed by atoms with E-state index in [1.54, 1.807) is 13.8 Å². The van der Waals surface area contributed by atoms with Gasteiger partial charge < -0.3 is 34.3 Å². The average molecular weight is 505 g/mol. The molecule has 202 valence electrons. The smallest absolute Gasteiger partial charge is 0.325 e. The predicted octanol–water partition coefficient (Wildman–Crippen LogP) is -1.99. The molecule has 0 atom stereocenters. The highest BCUT2D eigenvalue weighted by atomic mass is 16.5. The number of rotatable bonds is 10. The van der Waals surface area contributed by atoms with Crippen molar-refractivity contribution in [2.75, 3.05) is 105 Å². The highest BCUT2D eigenvalue weighted by Gasteiger charge is 2.15. The third kappa shape index (κ3) is 16.9. The van der Waals surface area contributed by atoms with Crippen molar-refractivity contribution in [2.45, 2.75) is 13.8 Å². The standard InChI is InChI=1S/C22H40N4O9/c1-3-34-21(29)15-23-19(27)17-25-5-9-31-10-6-26(8-12-33-14-13-32-11-7-25)18-20(28)24-16-22(30)35-4-2/h3-18H2,1-2H3,(H,23,27)(H,24,28). The summed E-state index contributed by atoms with van der Waals surface area (Å²) in [5.41, 5.74) is 0. The zero-order valence-electron chi connectivity index (χ0n) is 20.9. The highest BCUT2D eigenvalue weighted by Crippen LogP contribution is 1.95. The normalized spacial score (nSPS) is 17.4. The summed E-state index contributed by atoms with van der Waals surface area (Å²) < 4.78 is 26.5. The third-order valence-corrected chi connectivity index (χ3v) is 4.78. The molecule has 0 bridgehead atoms. The second-order valence-electron chi connectivity index (χ2n) is 7.55. The van der Waals surface area contributed by atoms with Gasteiger partial charge in [0.1, 0.15) is 13.1 Å². The highest BCUT2D eigenvalue weighted by molar-refractivity contribution is 5.83. The second kappa shape index (κ2) is 19.9. The topological polar surface area (TPSA) is 145 Å². The molecule has 35 heavy (non-hydrogen) atoms. The number of nitrogens with one attached hydrogen (secondary N) is 2. The molecular weight excluding hydrogens is 464 g/mol. The van der Waals surface area contributed by atoms with Gasteiger partial charge in [-0.25, -0.2) is 0 Å². The van der Waals surface area contributed by atoms with Crippen LogP contribution in [0.5, 0.6) is 0 Å². The summed E-state index contributed by atoms with van der Waals surface area (Å²) in [6.45, 7) is 8.18. The van der Waals surface area contributed by atoms with Gasteiger partial charge >= 0.3 is 11.9 Å². The number of hydrogen-bond acceptors (Lipinski definition) is 11. The number of nitrogens with zero attached hydrogens (tertiary/aromatic N) is 2. The van der Waals surface area contributed by atoms with Gasteiger partial charge in [0.15, 0.2) is 0 Å². The van der Waals surface area contributed by atoms with Crippen LogP contribution in [0.25, 0.3) is 0 Å². The van der Waals surface area contributed by atoms with Gasteiger partial charge in [-0.15, -0.1) is 0 Å². The second-order valence-corrected chi connectivity index (χ2v) is 7.55. The maximum atomic E-state index is 12.2. The summed E-state index contributed by atoms with van der Waals surface area (Å²) in [7, 11) is 0. The summed E-state index contributed by atoms with van der Waals surface area (Å²) in [5, 5.41) is 5.09. The first-order valence-corrected chi connectivity index (χ1v) is 12.0. The van der Waals surface area contributed by atoms with E-state index in [9.17, 15) is 19.2 Å². The van der Waals surface area contributed by atoms with Crippen LogP contribution in [0.15, 0.2) is 0 Å². The van der Waals surface area contributed by atoms with Gasteiger partial charge in [0.2, 0.25) is 11.8 Å². The lowest BCUT2D eigenvalue weighted by Gasteiger charge is -2.23. The number of hydrogen-bond donors (Lipinski definition) is 2. The Morgan fingerprint density at radius 1 is 0.629 bits per heavy atom. The van der Waals surface area contributed by atoms with E-state index in [1.807, 2.05) is 9.80 Å². The average Bonchev–Trinajstić information content (AvgIpc) is 2.83. The van der Waals surface area contributed by atoms with Crippen LogP contribution in [-0.4, -0.2) is 139 Å². The maximum absolute atomic E-state index is 12.2. The van der Waals surface area contributed by atoms with Crippen molar-refractivity contribution in [1.82, 2.24) is 20.4 Å². The molecule has 0 aliphatic carbocycles. The molecule has 13 nitrogen and oxygen atoms in total. The van der Waals surface area contributed by atoms with Crippen molar-refractivity contribution >= 4 is 23.8 Å². The van der Waals surface area contributed by atoms with Crippen molar-refractivity contribution < 1.29 is 42.9 Å². The van der Waals surface area contributed by atoms with E-state index in [0.717, 1.165) is 0 Å². The molecule has 1 rings (SSSR count). The Morgan fingerprint density at radius 2 is 0.971 bits per heavy atom. The molecule has 0 aromatic rings. The van der Waals surface area contributed by atoms with Gasteiger partial charge in [-0.1, -0.05) is 0 Å². The van der Waals surface area contributed by atoms with Crippen LogP contribution in [0.2, 0.25) is 0 Å². The van der Waals surface area contributed by atoms with Gasteiger partial charge in [-0.2, -0.15) is 0 Å². The van der Waals surface area contributed by atoms with Crippen LogP contribution < -0.4 is 10.6 Å². The molecule has 0 spiro atoms. The molecule has 0 saturated carbocycles. The molecule has 1 aliphatic rings. The monoisotopic (exact) mass is 504 g/mol. The minimum atomic E-state index is -0.483. The quantitative estimate of drug-likeness (QED) is 0.319. The number of ether oxygens (including phenoxy) is 5. The first kappa shape index (κ1) is 30.7. The lowest BCUT2D eigenvalue weighted by atomic mass is 10.4.